The maximum Gasteiger partial charge on any atom is 0.252 e. The number of piperidine rings is 1. The van der Waals surface area contributed by atoms with Crippen LogP contribution in [0.25, 0.3) is 22.0 Å². The SMILES string of the molecule is CC(C)Nc1c(C(N)=O)c(C2CCN(Cc3ccc(F)cc3)CC2)nc2ccc(-c3cn[nH]c3)cc12. The van der Waals surface area contributed by atoms with Gasteiger partial charge in [-0.25, -0.2) is 4.39 Å². The number of H-pyrrole nitrogens is 1. The Labute approximate surface area is 209 Å². The number of benzene rings is 2. The minimum absolute atomic E-state index is 0.108. The zero-order valence-corrected chi connectivity index (χ0v) is 20.6. The monoisotopic (exact) mass is 486 g/mol. The number of aromatic nitrogens is 3. The van der Waals surface area contributed by atoms with Crippen molar-refractivity contribution >= 4 is 22.5 Å². The van der Waals surface area contributed by atoms with Crippen LogP contribution in [0, 0.1) is 5.82 Å². The van der Waals surface area contributed by atoms with Gasteiger partial charge in [-0.2, -0.15) is 5.10 Å². The normalized spacial score (nSPS) is 15.0. The molecular weight excluding hydrogens is 455 g/mol. The van der Waals surface area contributed by atoms with Crippen LogP contribution in [0.15, 0.2) is 54.9 Å². The number of aromatic amines is 1. The highest BCUT2D eigenvalue weighted by Gasteiger charge is 2.29. The second-order valence-electron chi connectivity index (χ2n) is 9.81. The lowest BCUT2D eigenvalue weighted by Gasteiger charge is -2.33. The smallest absolute Gasteiger partial charge is 0.252 e. The number of nitrogens with zero attached hydrogens (tertiary/aromatic N) is 3. The van der Waals surface area contributed by atoms with Crippen molar-refractivity contribution in [1.82, 2.24) is 20.1 Å². The maximum atomic E-state index is 13.3. The molecule has 0 atom stereocenters. The summed E-state index contributed by atoms with van der Waals surface area (Å²) < 4.78 is 13.3. The molecule has 0 unspecified atom stereocenters. The number of likely N-dealkylation sites (tertiary alicyclic amines) is 1. The number of hydrogen-bond acceptors (Lipinski definition) is 5. The van der Waals surface area contributed by atoms with Crippen molar-refractivity contribution < 1.29 is 9.18 Å². The minimum Gasteiger partial charge on any atom is -0.382 e. The molecule has 1 aliphatic rings. The third-order valence-corrected chi connectivity index (χ3v) is 6.82. The lowest BCUT2D eigenvalue weighted by molar-refractivity contribution is 0.0998. The highest BCUT2D eigenvalue weighted by Crippen LogP contribution is 2.38. The van der Waals surface area contributed by atoms with Crippen molar-refractivity contribution in [2.45, 2.75) is 45.2 Å². The van der Waals surface area contributed by atoms with Crippen molar-refractivity contribution in [3.63, 3.8) is 0 Å². The predicted molar refractivity (Wildman–Crippen MR) is 140 cm³/mol. The van der Waals surface area contributed by atoms with Crippen LogP contribution in [0.4, 0.5) is 10.1 Å². The number of pyridine rings is 1. The minimum atomic E-state index is -0.468. The van der Waals surface area contributed by atoms with Crippen molar-refractivity contribution in [2.75, 3.05) is 18.4 Å². The number of anilines is 1. The van der Waals surface area contributed by atoms with E-state index in [1.54, 1.807) is 6.20 Å². The van der Waals surface area contributed by atoms with Crippen LogP contribution < -0.4 is 11.1 Å². The first-order valence-electron chi connectivity index (χ1n) is 12.4. The van der Waals surface area contributed by atoms with Gasteiger partial charge in [-0.3, -0.25) is 19.8 Å². The van der Waals surface area contributed by atoms with Gasteiger partial charge in [0.15, 0.2) is 0 Å². The topological polar surface area (TPSA) is 99.9 Å². The van der Waals surface area contributed by atoms with Gasteiger partial charge in [0.25, 0.3) is 5.91 Å². The summed E-state index contributed by atoms with van der Waals surface area (Å²) in [6, 6.07) is 12.8. The molecule has 8 heteroatoms. The quantitative estimate of drug-likeness (QED) is 0.339. The second kappa shape index (κ2) is 10.1. The number of halogens is 1. The molecule has 1 fully saturated rings. The van der Waals surface area contributed by atoms with Crippen LogP contribution in [0.5, 0.6) is 0 Å². The molecule has 4 aromatic rings. The second-order valence-corrected chi connectivity index (χ2v) is 9.81. The number of amides is 1. The Bertz CT molecular complexity index is 1360. The van der Waals surface area contributed by atoms with Gasteiger partial charge < -0.3 is 11.1 Å². The molecule has 1 saturated heterocycles. The average molecular weight is 487 g/mol. The Hall–Kier alpha value is -3.78. The largest absolute Gasteiger partial charge is 0.382 e. The fraction of sp³-hybridized carbons (Fsp3) is 0.321. The predicted octanol–water partition coefficient (Wildman–Crippen LogP) is 5.06. The Balaban J connectivity index is 1.48. The summed E-state index contributed by atoms with van der Waals surface area (Å²) in [5.74, 6) is -0.561. The van der Waals surface area contributed by atoms with E-state index in [-0.39, 0.29) is 17.8 Å². The average Bonchev–Trinajstić information content (AvgIpc) is 3.40. The van der Waals surface area contributed by atoms with Gasteiger partial charge in [-0.05, 0) is 75.2 Å². The first-order valence-corrected chi connectivity index (χ1v) is 12.4. The van der Waals surface area contributed by atoms with Gasteiger partial charge in [0.05, 0.1) is 28.7 Å². The molecule has 7 nitrogen and oxygen atoms in total. The lowest BCUT2D eigenvalue weighted by Crippen LogP contribution is -2.33. The van der Waals surface area contributed by atoms with Crippen LogP contribution in [0.3, 0.4) is 0 Å². The Morgan fingerprint density at radius 1 is 1.17 bits per heavy atom. The Kier molecular flexibility index (Phi) is 6.69. The van der Waals surface area contributed by atoms with Crippen molar-refractivity contribution in [3.05, 3.63) is 77.5 Å². The molecule has 0 spiro atoms. The third-order valence-electron chi connectivity index (χ3n) is 6.82. The molecule has 5 rings (SSSR count). The molecule has 1 aliphatic heterocycles. The standard InChI is InChI=1S/C28H31FN6O/c1-17(2)33-27-23-13-20(21-14-31-32-15-21)5-8-24(23)34-26(25(27)28(30)36)19-9-11-35(12-10-19)16-18-3-6-22(29)7-4-18/h3-8,13-15,17,19H,9-12,16H2,1-2H3,(H2,30,36)(H,31,32)(H,33,34). The summed E-state index contributed by atoms with van der Waals surface area (Å²) in [5.41, 5.74) is 11.9. The van der Waals surface area contributed by atoms with Gasteiger partial charge in [-0.15, -0.1) is 0 Å². The molecule has 4 N–H and O–H groups in total. The van der Waals surface area contributed by atoms with Gasteiger partial charge in [0.2, 0.25) is 0 Å². The van der Waals surface area contributed by atoms with Crippen LogP contribution in [0.2, 0.25) is 0 Å². The number of rotatable bonds is 7. The first-order chi connectivity index (χ1) is 17.4. The van der Waals surface area contributed by atoms with Crippen LogP contribution in [-0.2, 0) is 6.54 Å². The number of fused-ring (bicyclic) bond motifs is 1. The van der Waals surface area contributed by atoms with E-state index >= 15 is 0 Å². The molecule has 3 heterocycles. The van der Waals surface area contributed by atoms with Gasteiger partial charge in [-0.1, -0.05) is 18.2 Å². The Morgan fingerprint density at radius 2 is 1.92 bits per heavy atom. The van der Waals surface area contributed by atoms with E-state index in [0.29, 0.717) is 5.56 Å². The fourth-order valence-corrected chi connectivity index (χ4v) is 5.07. The van der Waals surface area contributed by atoms with E-state index in [1.165, 1.54) is 12.1 Å². The van der Waals surface area contributed by atoms with E-state index in [4.69, 9.17) is 10.7 Å². The Morgan fingerprint density at radius 3 is 2.56 bits per heavy atom. The number of carbonyl (C=O) groups is 1. The zero-order valence-electron chi connectivity index (χ0n) is 20.6. The molecule has 1 amide bonds. The molecule has 0 aliphatic carbocycles. The van der Waals surface area contributed by atoms with E-state index in [2.05, 4.69) is 20.4 Å². The molecule has 0 bridgehead atoms. The molecule has 0 radical (unpaired) electrons. The van der Waals surface area contributed by atoms with Gasteiger partial charge in [0, 0.05) is 35.7 Å². The highest BCUT2D eigenvalue weighted by molar-refractivity contribution is 6.08. The van der Waals surface area contributed by atoms with Crippen LogP contribution >= 0.6 is 0 Å². The molecule has 36 heavy (non-hydrogen) atoms. The molecule has 0 saturated carbocycles. The van der Waals surface area contributed by atoms with Crippen molar-refractivity contribution in [1.29, 1.82) is 0 Å². The van der Waals surface area contributed by atoms with E-state index in [0.717, 1.165) is 71.5 Å². The summed E-state index contributed by atoms with van der Waals surface area (Å²) in [5, 5.41) is 11.3. The van der Waals surface area contributed by atoms with E-state index < -0.39 is 5.91 Å². The van der Waals surface area contributed by atoms with Crippen LogP contribution in [0.1, 0.15) is 54.2 Å². The summed E-state index contributed by atoms with van der Waals surface area (Å²) in [6.07, 6.45) is 5.35. The maximum absolute atomic E-state index is 13.3. The molecule has 186 valence electrons. The first kappa shape index (κ1) is 23.9. The lowest BCUT2D eigenvalue weighted by atomic mass is 9.88. The van der Waals surface area contributed by atoms with E-state index in [1.807, 2.05) is 50.4 Å². The number of nitrogens with two attached hydrogens (primary N) is 1. The molecule has 2 aromatic heterocycles. The number of nitrogens with one attached hydrogen (secondary N) is 2. The number of primary amides is 1. The molecule has 2 aromatic carbocycles. The van der Waals surface area contributed by atoms with Crippen molar-refractivity contribution in [2.24, 2.45) is 5.73 Å². The third kappa shape index (κ3) is 4.95. The summed E-state index contributed by atoms with van der Waals surface area (Å²) >= 11 is 0. The van der Waals surface area contributed by atoms with Crippen LogP contribution in [-0.4, -0.2) is 45.1 Å². The van der Waals surface area contributed by atoms with E-state index in [9.17, 15) is 9.18 Å². The number of hydrogen-bond donors (Lipinski definition) is 3. The van der Waals surface area contributed by atoms with Crippen molar-refractivity contribution in [3.8, 4) is 11.1 Å². The highest BCUT2D eigenvalue weighted by atomic mass is 19.1. The van der Waals surface area contributed by atoms with Gasteiger partial charge in [0.1, 0.15) is 5.82 Å². The summed E-state index contributed by atoms with van der Waals surface area (Å²) in [6.45, 7) is 6.60. The summed E-state index contributed by atoms with van der Waals surface area (Å²) in [4.78, 5) is 20.2. The fourth-order valence-electron chi connectivity index (χ4n) is 5.07. The van der Waals surface area contributed by atoms with Gasteiger partial charge >= 0.3 is 0 Å². The summed E-state index contributed by atoms with van der Waals surface area (Å²) in [7, 11) is 0. The zero-order chi connectivity index (χ0) is 25.2. The molecular formula is C28H31FN6O. The number of carbonyl (C=O) groups excluding carboxylic acids is 1.